The molecular formula is C33H34N4O5. The van der Waals surface area contributed by atoms with Gasteiger partial charge in [-0.1, -0.05) is 48.5 Å². The van der Waals surface area contributed by atoms with Gasteiger partial charge < -0.3 is 19.5 Å². The zero-order valence-electron chi connectivity index (χ0n) is 23.6. The Kier molecular flexibility index (Phi) is 8.03. The zero-order chi connectivity index (χ0) is 29.1. The lowest BCUT2D eigenvalue weighted by atomic mass is 9.96. The number of carbonyl (C=O) groups is 2. The van der Waals surface area contributed by atoms with Crippen LogP contribution in [0.3, 0.4) is 0 Å². The van der Waals surface area contributed by atoms with Gasteiger partial charge in [0.05, 0.1) is 30.5 Å². The number of benzene rings is 2. The number of aliphatic hydroxyl groups excluding tert-OH is 1. The first-order chi connectivity index (χ1) is 20.5. The highest BCUT2D eigenvalue weighted by Crippen LogP contribution is 2.40. The summed E-state index contributed by atoms with van der Waals surface area (Å²) in [4.78, 5) is 35.5. The molecule has 216 valence electrons. The lowest BCUT2D eigenvalue weighted by molar-refractivity contribution is -0.140. The van der Waals surface area contributed by atoms with E-state index in [0.717, 1.165) is 30.8 Å². The van der Waals surface area contributed by atoms with Crippen LogP contribution in [0.15, 0.2) is 84.6 Å². The number of Topliss-reactive ketones (excluding diaryl/α,β-unsaturated/α-hetero) is 1. The number of fused-ring (bicyclic) bond motifs is 1. The van der Waals surface area contributed by atoms with Gasteiger partial charge in [0.2, 0.25) is 0 Å². The van der Waals surface area contributed by atoms with E-state index in [2.05, 4.69) is 9.88 Å². The second kappa shape index (κ2) is 12.2. The van der Waals surface area contributed by atoms with Crippen molar-refractivity contribution in [2.45, 2.75) is 26.0 Å². The highest BCUT2D eigenvalue weighted by molar-refractivity contribution is 6.46. The smallest absolute Gasteiger partial charge is 0.295 e. The number of aromatic nitrogens is 2. The number of pyridine rings is 1. The van der Waals surface area contributed by atoms with Gasteiger partial charge in [0.1, 0.15) is 23.7 Å². The summed E-state index contributed by atoms with van der Waals surface area (Å²) >= 11 is 0. The third-order valence-corrected chi connectivity index (χ3v) is 7.89. The fourth-order valence-electron chi connectivity index (χ4n) is 5.76. The van der Waals surface area contributed by atoms with Crippen molar-refractivity contribution in [2.24, 2.45) is 0 Å². The molecule has 2 aliphatic rings. The third kappa shape index (κ3) is 5.53. The van der Waals surface area contributed by atoms with Crippen LogP contribution in [0, 0.1) is 6.92 Å². The van der Waals surface area contributed by atoms with E-state index in [1.807, 2.05) is 72.8 Å². The van der Waals surface area contributed by atoms with Crippen molar-refractivity contribution in [2.75, 3.05) is 39.4 Å². The number of hydrogen-bond acceptors (Lipinski definition) is 7. The van der Waals surface area contributed by atoms with Crippen molar-refractivity contribution in [3.63, 3.8) is 0 Å². The molecule has 4 heterocycles. The van der Waals surface area contributed by atoms with E-state index in [1.54, 1.807) is 22.4 Å². The molecule has 0 bridgehead atoms. The fraction of sp³-hybridized carbons (Fsp3) is 0.303. The number of likely N-dealkylation sites (tertiary alicyclic amines) is 1. The van der Waals surface area contributed by atoms with E-state index in [4.69, 9.17) is 9.47 Å². The van der Waals surface area contributed by atoms with E-state index in [9.17, 15) is 14.7 Å². The second-order valence-corrected chi connectivity index (χ2v) is 10.6. The number of nitrogens with zero attached hydrogens (tertiary/aromatic N) is 4. The van der Waals surface area contributed by atoms with Crippen molar-refractivity contribution in [1.82, 2.24) is 19.2 Å². The summed E-state index contributed by atoms with van der Waals surface area (Å²) in [5, 5.41) is 11.7. The first-order valence-corrected chi connectivity index (χ1v) is 14.3. The molecular weight excluding hydrogens is 532 g/mol. The highest BCUT2D eigenvalue weighted by atomic mass is 16.5. The minimum atomic E-state index is -0.744. The number of ketones is 1. The first kappa shape index (κ1) is 27.7. The first-order valence-electron chi connectivity index (χ1n) is 14.3. The van der Waals surface area contributed by atoms with E-state index in [-0.39, 0.29) is 11.3 Å². The molecule has 2 aliphatic heterocycles. The molecule has 9 heteroatoms. The van der Waals surface area contributed by atoms with Gasteiger partial charge in [-0.3, -0.25) is 18.9 Å². The summed E-state index contributed by atoms with van der Waals surface area (Å²) < 4.78 is 13.2. The molecule has 1 amide bonds. The Bertz CT molecular complexity index is 1610. The molecule has 42 heavy (non-hydrogen) atoms. The maximum atomic E-state index is 13.6. The van der Waals surface area contributed by atoms with E-state index < -0.39 is 17.7 Å². The number of morpholine rings is 1. The molecule has 0 aliphatic carbocycles. The largest absolute Gasteiger partial charge is 0.505 e. The average molecular weight is 567 g/mol. The molecule has 2 saturated heterocycles. The molecule has 6 rings (SSSR count). The van der Waals surface area contributed by atoms with Crippen LogP contribution in [-0.4, -0.2) is 75.4 Å². The number of hydrogen-bond donors (Lipinski definition) is 1. The number of imidazole rings is 1. The van der Waals surface area contributed by atoms with Crippen LogP contribution in [0.2, 0.25) is 0 Å². The minimum absolute atomic E-state index is 0.0677. The van der Waals surface area contributed by atoms with Crippen molar-refractivity contribution >= 4 is 23.1 Å². The predicted molar refractivity (Wildman–Crippen MR) is 158 cm³/mol. The van der Waals surface area contributed by atoms with Crippen LogP contribution < -0.4 is 4.74 Å². The average Bonchev–Trinajstić information content (AvgIpc) is 3.49. The Labute approximate surface area is 244 Å². The minimum Gasteiger partial charge on any atom is -0.505 e. The number of aryl methyl sites for hydroxylation is 1. The summed E-state index contributed by atoms with van der Waals surface area (Å²) in [5.41, 5.74) is 3.47. The quantitative estimate of drug-likeness (QED) is 0.183. The maximum absolute atomic E-state index is 13.6. The molecule has 2 fully saturated rings. The molecule has 4 aromatic rings. The van der Waals surface area contributed by atoms with Gasteiger partial charge in [0.15, 0.2) is 5.76 Å². The van der Waals surface area contributed by atoms with Crippen LogP contribution in [0.4, 0.5) is 0 Å². The molecule has 1 unspecified atom stereocenters. The summed E-state index contributed by atoms with van der Waals surface area (Å²) in [5.74, 6) is -0.864. The Balaban J connectivity index is 1.33. The molecule has 2 aromatic heterocycles. The van der Waals surface area contributed by atoms with Crippen LogP contribution in [0.25, 0.3) is 11.4 Å². The predicted octanol–water partition coefficient (Wildman–Crippen LogP) is 4.37. The summed E-state index contributed by atoms with van der Waals surface area (Å²) in [7, 11) is 0. The normalized spacial score (nSPS) is 19.1. The number of rotatable bonds is 9. The summed E-state index contributed by atoms with van der Waals surface area (Å²) in [6, 6.07) is 22.1. The van der Waals surface area contributed by atoms with Gasteiger partial charge >= 0.3 is 0 Å². The number of aliphatic hydroxyl groups is 1. The zero-order valence-corrected chi connectivity index (χ0v) is 23.6. The Hall–Kier alpha value is -4.47. The number of ether oxygens (including phenoxy) is 2. The standard InChI is InChI=1S/C33H34N4O5/c1-23-29(36-16-6-5-10-27(36)34-23)31(38)28-30(25-11-13-26(14-12-25)42-22-24-8-3-2-4-9-24)37(33(40)32(28)39)17-7-15-35-18-20-41-21-19-35/h2-6,8-14,16,30,38H,7,15,17-22H2,1H3/b31-28+. The number of carbonyl (C=O) groups excluding carboxylic acids is 2. The SMILES string of the molecule is Cc1nc2ccccn2c1/C(O)=C1\C(=O)C(=O)N(CCCN2CCOCC2)C1c1ccc(OCc2ccccc2)cc1. The molecule has 0 saturated carbocycles. The van der Waals surface area contributed by atoms with Crippen molar-refractivity contribution in [1.29, 1.82) is 0 Å². The Morgan fingerprint density at radius 1 is 0.976 bits per heavy atom. The van der Waals surface area contributed by atoms with Crippen molar-refractivity contribution in [3.05, 3.63) is 107 Å². The molecule has 1 atom stereocenters. The molecule has 9 nitrogen and oxygen atoms in total. The van der Waals surface area contributed by atoms with Gasteiger partial charge in [-0.05, 0) is 48.7 Å². The second-order valence-electron chi connectivity index (χ2n) is 10.6. The van der Waals surface area contributed by atoms with Crippen LogP contribution in [0.5, 0.6) is 5.75 Å². The Morgan fingerprint density at radius 2 is 1.71 bits per heavy atom. The van der Waals surface area contributed by atoms with Gasteiger partial charge in [-0.2, -0.15) is 0 Å². The lowest BCUT2D eigenvalue weighted by Gasteiger charge is -2.29. The van der Waals surface area contributed by atoms with Crippen molar-refractivity contribution < 1.29 is 24.2 Å². The topological polar surface area (TPSA) is 96.6 Å². The van der Waals surface area contributed by atoms with Crippen LogP contribution >= 0.6 is 0 Å². The van der Waals surface area contributed by atoms with E-state index >= 15 is 0 Å². The third-order valence-electron chi connectivity index (χ3n) is 7.89. The van der Waals surface area contributed by atoms with Crippen LogP contribution in [0.1, 0.15) is 35.0 Å². The van der Waals surface area contributed by atoms with Gasteiger partial charge in [0, 0.05) is 32.4 Å². The lowest BCUT2D eigenvalue weighted by Crippen LogP contribution is -2.38. The van der Waals surface area contributed by atoms with Gasteiger partial charge in [-0.15, -0.1) is 0 Å². The Morgan fingerprint density at radius 3 is 2.48 bits per heavy atom. The van der Waals surface area contributed by atoms with Crippen molar-refractivity contribution in [3.8, 4) is 5.75 Å². The highest BCUT2D eigenvalue weighted by Gasteiger charge is 2.46. The maximum Gasteiger partial charge on any atom is 0.295 e. The molecule has 1 N–H and O–H groups in total. The van der Waals surface area contributed by atoms with Gasteiger partial charge in [-0.25, -0.2) is 4.98 Å². The monoisotopic (exact) mass is 566 g/mol. The summed E-state index contributed by atoms with van der Waals surface area (Å²) in [6.07, 6.45) is 2.48. The van der Waals surface area contributed by atoms with E-state index in [1.165, 1.54) is 0 Å². The van der Waals surface area contributed by atoms with E-state index in [0.29, 0.717) is 55.6 Å². The summed E-state index contributed by atoms with van der Waals surface area (Å²) in [6.45, 7) is 6.46. The fourth-order valence-corrected chi connectivity index (χ4v) is 5.76. The number of amides is 1. The molecule has 2 aromatic carbocycles. The molecule has 0 spiro atoms. The van der Waals surface area contributed by atoms with Crippen LogP contribution in [-0.2, 0) is 20.9 Å². The van der Waals surface area contributed by atoms with Gasteiger partial charge in [0.25, 0.3) is 11.7 Å². The molecule has 0 radical (unpaired) electrons.